The Morgan fingerprint density at radius 2 is 1.87 bits per heavy atom. The second-order valence-electron chi connectivity index (χ2n) is 3.96. The number of rotatable bonds is 3. The van der Waals surface area contributed by atoms with Crippen LogP contribution in [0.1, 0.15) is 0 Å². The summed E-state index contributed by atoms with van der Waals surface area (Å²) in [5.74, 6) is -1.50. The van der Waals surface area contributed by atoms with Crippen LogP contribution < -0.4 is 0 Å². The zero-order valence-corrected chi connectivity index (χ0v) is 8.17. The standard InChI is InChI=1S/C10H14O5/c11-2-5-1-8-9(6(5)3-12)7(4-13)10(14)15-8/h1,6-9,11-13H,2-4H2. The van der Waals surface area contributed by atoms with Crippen molar-refractivity contribution >= 4 is 5.97 Å². The highest BCUT2D eigenvalue weighted by Crippen LogP contribution is 2.43. The Bertz CT molecular complexity index is 298. The summed E-state index contributed by atoms with van der Waals surface area (Å²) < 4.78 is 5.06. The van der Waals surface area contributed by atoms with E-state index in [9.17, 15) is 9.90 Å². The molecule has 0 aromatic carbocycles. The van der Waals surface area contributed by atoms with Gasteiger partial charge in [-0.25, -0.2) is 0 Å². The van der Waals surface area contributed by atoms with Gasteiger partial charge in [0.1, 0.15) is 6.10 Å². The van der Waals surface area contributed by atoms with Crippen molar-refractivity contribution in [2.24, 2.45) is 17.8 Å². The van der Waals surface area contributed by atoms with Gasteiger partial charge in [-0.15, -0.1) is 0 Å². The molecule has 2 rings (SSSR count). The maximum absolute atomic E-state index is 11.3. The van der Waals surface area contributed by atoms with Crippen molar-refractivity contribution in [3.8, 4) is 0 Å². The number of ether oxygens (including phenoxy) is 1. The van der Waals surface area contributed by atoms with E-state index in [1.807, 2.05) is 0 Å². The normalized spacial score (nSPS) is 38.9. The Hall–Kier alpha value is -0.910. The van der Waals surface area contributed by atoms with Crippen LogP contribution in [0, 0.1) is 17.8 Å². The molecule has 0 saturated carbocycles. The second-order valence-corrected chi connectivity index (χ2v) is 3.96. The largest absolute Gasteiger partial charge is 0.457 e. The van der Waals surface area contributed by atoms with Crippen molar-refractivity contribution in [2.75, 3.05) is 19.8 Å². The van der Waals surface area contributed by atoms with Gasteiger partial charge < -0.3 is 20.1 Å². The van der Waals surface area contributed by atoms with E-state index in [4.69, 9.17) is 14.9 Å². The number of aliphatic hydroxyl groups is 3. The number of aliphatic hydroxyl groups excluding tert-OH is 3. The van der Waals surface area contributed by atoms with Crippen molar-refractivity contribution in [3.05, 3.63) is 11.6 Å². The summed E-state index contributed by atoms with van der Waals surface area (Å²) in [6.45, 7) is -0.558. The SMILES string of the molecule is O=C1OC2C=C(CO)C(CO)C2C1CO. The van der Waals surface area contributed by atoms with Gasteiger partial charge in [0, 0.05) is 11.8 Å². The number of hydrogen-bond donors (Lipinski definition) is 3. The third-order valence-electron chi connectivity index (χ3n) is 3.29. The van der Waals surface area contributed by atoms with E-state index in [1.54, 1.807) is 6.08 Å². The highest BCUT2D eigenvalue weighted by molar-refractivity contribution is 5.76. The maximum Gasteiger partial charge on any atom is 0.312 e. The molecule has 0 aromatic heterocycles. The molecule has 84 valence electrons. The van der Waals surface area contributed by atoms with Gasteiger partial charge in [-0.2, -0.15) is 0 Å². The molecule has 1 heterocycles. The first kappa shape index (κ1) is 10.6. The molecular formula is C10H14O5. The summed E-state index contributed by atoms with van der Waals surface area (Å²) in [6, 6.07) is 0. The average molecular weight is 214 g/mol. The summed E-state index contributed by atoms with van der Waals surface area (Å²) in [4.78, 5) is 11.3. The summed E-state index contributed by atoms with van der Waals surface area (Å²) in [7, 11) is 0. The molecule has 2 aliphatic rings. The lowest BCUT2D eigenvalue weighted by molar-refractivity contribution is -0.143. The van der Waals surface area contributed by atoms with Gasteiger partial charge in [-0.1, -0.05) is 0 Å². The van der Waals surface area contributed by atoms with Gasteiger partial charge in [0.25, 0.3) is 0 Å². The molecule has 0 aromatic rings. The highest BCUT2D eigenvalue weighted by Gasteiger charge is 2.51. The monoisotopic (exact) mass is 214 g/mol. The van der Waals surface area contributed by atoms with Gasteiger partial charge in [-0.3, -0.25) is 4.79 Å². The lowest BCUT2D eigenvalue weighted by atomic mass is 9.82. The Morgan fingerprint density at radius 1 is 1.20 bits per heavy atom. The van der Waals surface area contributed by atoms with Crippen LogP contribution in [0.4, 0.5) is 0 Å². The van der Waals surface area contributed by atoms with Crippen LogP contribution in [0.2, 0.25) is 0 Å². The first-order valence-corrected chi connectivity index (χ1v) is 4.96. The van der Waals surface area contributed by atoms with Gasteiger partial charge in [-0.05, 0) is 11.6 Å². The van der Waals surface area contributed by atoms with Gasteiger partial charge in [0.15, 0.2) is 0 Å². The van der Waals surface area contributed by atoms with Crippen LogP contribution in [0.5, 0.6) is 0 Å². The molecule has 5 nitrogen and oxygen atoms in total. The van der Waals surface area contributed by atoms with Gasteiger partial charge in [0.05, 0.1) is 25.7 Å². The van der Waals surface area contributed by atoms with E-state index in [2.05, 4.69) is 0 Å². The minimum absolute atomic E-state index is 0.138. The molecule has 1 saturated heterocycles. The molecule has 15 heavy (non-hydrogen) atoms. The van der Waals surface area contributed by atoms with Crippen molar-refractivity contribution in [2.45, 2.75) is 6.10 Å². The Balaban J connectivity index is 2.25. The second kappa shape index (κ2) is 3.92. The minimum Gasteiger partial charge on any atom is -0.457 e. The van der Waals surface area contributed by atoms with E-state index in [0.717, 1.165) is 0 Å². The quantitative estimate of drug-likeness (QED) is 0.400. The van der Waals surface area contributed by atoms with Crippen LogP contribution in [-0.4, -0.2) is 47.2 Å². The first-order chi connectivity index (χ1) is 7.22. The van der Waals surface area contributed by atoms with Crippen LogP contribution in [0.25, 0.3) is 0 Å². The topological polar surface area (TPSA) is 87.0 Å². The third-order valence-corrected chi connectivity index (χ3v) is 3.29. The number of carbonyl (C=O) groups is 1. The number of esters is 1. The summed E-state index contributed by atoms with van der Waals surface area (Å²) in [6.07, 6.45) is 1.29. The fourth-order valence-electron chi connectivity index (χ4n) is 2.53. The Labute approximate surface area is 87.0 Å². The van der Waals surface area contributed by atoms with E-state index in [0.29, 0.717) is 5.57 Å². The zero-order chi connectivity index (χ0) is 11.0. The molecule has 0 bridgehead atoms. The lowest BCUT2D eigenvalue weighted by Gasteiger charge is -2.20. The molecular weight excluding hydrogens is 200 g/mol. The zero-order valence-electron chi connectivity index (χ0n) is 8.17. The van der Waals surface area contributed by atoms with Crippen molar-refractivity contribution in [1.29, 1.82) is 0 Å². The Kier molecular flexibility index (Phi) is 2.77. The summed E-state index contributed by atoms with van der Waals surface area (Å²) in [5.41, 5.74) is 0.693. The molecule has 0 amide bonds. The molecule has 4 unspecified atom stereocenters. The minimum atomic E-state index is -0.576. The van der Waals surface area contributed by atoms with Crippen LogP contribution in [0.15, 0.2) is 11.6 Å². The van der Waals surface area contributed by atoms with Crippen LogP contribution in [-0.2, 0) is 9.53 Å². The third kappa shape index (κ3) is 1.47. The highest BCUT2D eigenvalue weighted by atomic mass is 16.6. The molecule has 1 aliphatic heterocycles. The van der Waals surface area contributed by atoms with Crippen LogP contribution in [0.3, 0.4) is 0 Å². The molecule has 1 aliphatic carbocycles. The van der Waals surface area contributed by atoms with Gasteiger partial charge in [0.2, 0.25) is 0 Å². The van der Waals surface area contributed by atoms with Crippen LogP contribution >= 0.6 is 0 Å². The van der Waals surface area contributed by atoms with E-state index < -0.39 is 18.0 Å². The average Bonchev–Trinajstić information content (AvgIpc) is 2.71. The lowest BCUT2D eigenvalue weighted by Crippen LogP contribution is -2.29. The van der Waals surface area contributed by atoms with Crippen molar-refractivity contribution < 1.29 is 24.9 Å². The molecule has 3 N–H and O–H groups in total. The van der Waals surface area contributed by atoms with Crippen molar-refractivity contribution in [3.63, 3.8) is 0 Å². The number of fused-ring (bicyclic) bond motifs is 1. The summed E-state index contributed by atoms with van der Waals surface area (Å²) in [5, 5.41) is 27.4. The molecule has 5 heteroatoms. The van der Waals surface area contributed by atoms with E-state index in [-0.39, 0.29) is 31.7 Å². The molecule has 4 atom stereocenters. The predicted octanol–water partition coefficient (Wildman–Crippen LogP) is -1.32. The first-order valence-electron chi connectivity index (χ1n) is 4.96. The summed E-state index contributed by atoms with van der Waals surface area (Å²) >= 11 is 0. The smallest absolute Gasteiger partial charge is 0.312 e. The molecule has 0 spiro atoms. The van der Waals surface area contributed by atoms with E-state index in [1.165, 1.54) is 0 Å². The van der Waals surface area contributed by atoms with Crippen molar-refractivity contribution in [1.82, 2.24) is 0 Å². The van der Waals surface area contributed by atoms with E-state index >= 15 is 0 Å². The Morgan fingerprint density at radius 3 is 2.40 bits per heavy atom. The molecule has 1 fully saturated rings. The number of hydrogen-bond acceptors (Lipinski definition) is 5. The number of carbonyl (C=O) groups excluding carboxylic acids is 1. The predicted molar refractivity (Wildman–Crippen MR) is 49.7 cm³/mol. The fraction of sp³-hybridized carbons (Fsp3) is 0.700. The maximum atomic E-state index is 11.3. The molecule has 0 radical (unpaired) electrons. The fourth-order valence-corrected chi connectivity index (χ4v) is 2.53. The van der Waals surface area contributed by atoms with Gasteiger partial charge >= 0.3 is 5.97 Å².